The van der Waals surface area contributed by atoms with E-state index in [0.29, 0.717) is 11.8 Å². The summed E-state index contributed by atoms with van der Waals surface area (Å²) in [6, 6.07) is 8.38. The van der Waals surface area contributed by atoms with E-state index in [1.165, 1.54) is 5.56 Å². The number of hydrogen-bond acceptors (Lipinski definition) is 2. The van der Waals surface area contributed by atoms with Crippen LogP contribution in [0.5, 0.6) is 5.75 Å². The van der Waals surface area contributed by atoms with Crippen LogP contribution in [0.4, 0.5) is 0 Å². The Hall–Kier alpha value is -0.730. The van der Waals surface area contributed by atoms with Crippen molar-refractivity contribution in [2.24, 2.45) is 5.92 Å². The van der Waals surface area contributed by atoms with Crippen molar-refractivity contribution in [1.29, 1.82) is 0 Å². The monoisotopic (exact) mass is 271 g/mol. The van der Waals surface area contributed by atoms with Gasteiger partial charge in [-0.05, 0) is 44.0 Å². The average Bonchev–Trinajstić information content (AvgIpc) is 2.29. The topological polar surface area (TPSA) is 12.5 Å². The molecule has 1 aromatic rings. The lowest BCUT2D eigenvalue weighted by molar-refractivity contribution is 0.296. The summed E-state index contributed by atoms with van der Waals surface area (Å²) in [5, 5.41) is 0. The van der Waals surface area contributed by atoms with E-state index >= 15 is 0 Å². The molecule has 0 saturated carbocycles. The van der Waals surface area contributed by atoms with Gasteiger partial charge in [0.1, 0.15) is 5.75 Å². The highest BCUT2D eigenvalue weighted by Crippen LogP contribution is 2.34. The summed E-state index contributed by atoms with van der Waals surface area (Å²) in [7, 11) is 6.01. The fourth-order valence-electron chi connectivity index (χ4n) is 2.60. The molecule has 0 spiro atoms. The highest BCUT2D eigenvalue weighted by Gasteiger charge is 2.20. The fourth-order valence-corrected chi connectivity index (χ4v) is 2.60. The van der Waals surface area contributed by atoms with E-state index in [1.807, 2.05) is 6.07 Å². The zero-order valence-electron chi connectivity index (χ0n) is 12.1. The lowest BCUT2D eigenvalue weighted by atomic mass is 9.84. The van der Waals surface area contributed by atoms with E-state index in [9.17, 15) is 0 Å². The molecular formula is C15H26ClNO. The van der Waals surface area contributed by atoms with Gasteiger partial charge in [-0.3, -0.25) is 0 Å². The van der Waals surface area contributed by atoms with E-state index in [4.69, 9.17) is 4.74 Å². The molecule has 2 atom stereocenters. The molecule has 0 radical (unpaired) electrons. The molecular weight excluding hydrogens is 246 g/mol. The summed E-state index contributed by atoms with van der Waals surface area (Å²) in [6.07, 6.45) is 1.15. The highest BCUT2D eigenvalue weighted by atomic mass is 35.5. The Balaban J connectivity index is 0.00000289. The highest BCUT2D eigenvalue weighted by molar-refractivity contribution is 5.85. The van der Waals surface area contributed by atoms with Crippen molar-refractivity contribution in [2.45, 2.75) is 26.2 Å². The third kappa shape index (κ3) is 4.51. The Morgan fingerprint density at radius 3 is 2.33 bits per heavy atom. The zero-order valence-corrected chi connectivity index (χ0v) is 13.0. The first-order valence-corrected chi connectivity index (χ1v) is 6.37. The number of hydrogen-bond donors (Lipinski definition) is 0. The summed E-state index contributed by atoms with van der Waals surface area (Å²) < 4.78 is 5.47. The maximum absolute atomic E-state index is 5.47. The van der Waals surface area contributed by atoms with E-state index in [2.05, 4.69) is 51.0 Å². The number of benzene rings is 1. The van der Waals surface area contributed by atoms with Gasteiger partial charge in [0.05, 0.1) is 7.11 Å². The minimum atomic E-state index is 0. The third-order valence-electron chi connectivity index (χ3n) is 3.32. The second-order valence-electron chi connectivity index (χ2n) is 5.00. The minimum absolute atomic E-state index is 0. The van der Waals surface area contributed by atoms with Crippen molar-refractivity contribution in [3.63, 3.8) is 0 Å². The van der Waals surface area contributed by atoms with Crippen LogP contribution in [0, 0.1) is 5.92 Å². The van der Waals surface area contributed by atoms with Crippen molar-refractivity contribution >= 4 is 12.4 Å². The molecule has 0 saturated heterocycles. The van der Waals surface area contributed by atoms with Gasteiger partial charge in [-0.2, -0.15) is 0 Å². The smallest absolute Gasteiger partial charge is 0.122 e. The second kappa shape index (κ2) is 8.39. The van der Waals surface area contributed by atoms with Crippen LogP contribution in [0.2, 0.25) is 0 Å². The summed E-state index contributed by atoms with van der Waals surface area (Å²) >= 11 is 0. The predicted octanol–water partition coefficient (Wildman–Crippen LogP) is 3.81. The molecule has 3 heteroatoms. The van der Waals surface area contributed by atoms with E-state index in [1.54, 1.807) is 7.11 Å². The molecule has 104 valence electrons. The quantitative estimate of drug-likeness (QED) is 0.780. The van der Waals surface area contributed by atoms with Gasteiger partial charge < -0.3 is 9.64 Å². The molecule has 0 heterocycles. The van der Waals surface area contributed by atoms with Crippen LogP contribution < -0.4 is 4.74 Å². The molecule has 0 bridgehead atoms. The Labute approximate surface area is 118 Å². The number of para-hydroxylation sites is 1. The molecule has 0 amide bonds. The van der Waals surface area contributed by atoms with Gasteiger partial charge in [0, 0.05) is 6.54 Å². The molecule has 0 aliphatic rings. The lowest BCUT2D eigenvalue weighted by Gasteiger charge is -2.27. The van der Waals surface area contributed by atoms with Crippen LogP contribution in [0.15, 0.2) is 24.3 Å². The number of rotatable bonds is 6. The summed E-state index contributed by atoms with van der Waals surface area (Å²) in [4.78, 5) is 2.25. The lowest BCUT2D eigenvalue weighted by Crippen LogP contribution is -2.24. The molecule has 1 aromatic carbocycles. The largest absolute Gasteiger partial charge is 0.496 e. The molecule has 0 N–H and O–H groups in total. The van der Waals surface area contributed by atoms with Gasteiger partial charge in [0.2, 0.25) is 0 Å². The third-order valence-corrected chi connectivity index (χ3v) is 3.32. The maximum Gasteiger partial charge on any atom is 0.122 e. The van der Waals surface area contributed by atoms with Crippen LogP contribution in [0.1, 0.15) is 31.7 Å². The molecule has 2 unspecified atom stereocenters. The van der Waals surface area contributed by atoms with Gasteiger partial charge in [-0.1, -0.05) is 32.0 Å². The fraction of sp³-hybridized carbons (Fsp3) is 0.600. The first-order chi connectivity index (χ1) is 8.10. The molecule has 0 aromatic heterocycles. The Kier molecular flexibility index (Phi) is 8.05. The molecule has 0 fully saturated rings. The van der Waals surface area contributed by atoms with E-state index < -0.39 is 0 Å². The first-order valence-electron chi connectivity index (χ1n) is 6.37. The molecule has 2 nitrogen and oxygen atoms in total. The maximum atomic E-state index is 5.47. The van der Waals surface area contributed by atoms with Crippen molar-refractivity contribution in [3.8, 4) is 5.75 Å². The van der Waals surface area contributed by atoms with E-state index in [0.717, 1.165) is 18.7 Å². The molecule has 18 heavy (non-hydrogen) atoms. The summed E-state index contributed by atoms with van der Waals surface area (Å²) in [5.41, 5.74) is 1.34. The normalized spacial score (nSPS) is 13.9. The van der Waals surface area contributed by atoms with Gasteiger partial charge in [0.15, 0.2) is 0 Å². The summed E-state index contributed by atoms with van der Waals surface area (Å²) in [5.74, 6) is 2.21. The van der Waals surface area contributed by atoms with Crippen molar-refractivity contribution < 1.29 is 4.74 Å². The standard InChI is InChI=1S/C15H25NO.ClH/c1-6-13(12(2)11-16(3)4)14-9-7-8-10-15(14)17-5;/h7-10,12-13H,6,11H2,1-5H3;1H. The van der Waals surface area contributed by atoms with Gasteiger partial charge in [-0.15, -0.1) is 12.4 Å². The molecule has 0 aliphatic carbocycles. The van der Waals surface area contributed by atoms with Crippen LogP contribution in [0.3, 0.4) is 0 Å². The minimum Gasteiger partial charge on any atom is -0.496 e. The van der Waals surface area contributed by atoms with Crippen LogP contribution in [0.25, 0.3) is 0 Å². The van der Waals surface area contributed by atoms with Crippen molar-refractivity contribution in [2.75, 3.05) is 27.7 Å². The number of halogens is 1. The van der Waals surface area contributed by atoms with Gasteiger partial charge in [0.25, 0.3) is 0 Å². The van der Waals surface area contributed by atoms with E-state index in [-0.39, 0.29) is 12.4 Å². The number of methoxy groups -OCH3 is 1. The average molecular weight is 272 g/mol. The molecule has 1 rings (SSSR count). The SMILES string of the molecule is CCC(c1ccccc1OC)C(C)CN(C)C.Cl. The van der Waals surface area contributed by atoms with Crippen molar-refractivity contribution in [3.05, 3.63) is 29.8 Å². The second-order valence-corrected chi connectivity index (χ2v) is 5.00. The molecule has 0 aliphatic heterocycles. The number of nitrogens with zero attached hydrogens (tertiary/aromatic N) is 1. The van der Waals surface area contributed by atoms with Crippen LogP contribution in [-0.2, 0) is 0 Å². The predicted molar refractivity (Wildman–Crippen MR) is 81.0 cm³/mol. The zero-order chi connectivity index (χ0) is 12.8. The van der Waals surface area contributed by atoms with Crippen LogP contribution >= 0.6 is 12.4 Å². The summed E-state index contributed by atoms with van der Waals surface area (Å²) in [6.45, 7) is 5.68. The van der Waals surface area contributed by atoms with Crippen LogP contribution in [-0.4, -0.2) is 32.6 Å². The number of ether oxygens (including phenoxy) is 1. The van der Waals surface area contributed by atoms with Gasteiger partial charge in [-0.25, -0.2) is 0 Å². The Bertz CT molecular complexity index is 341. The van der Waals surface area contributed by atoms with Gasteiger partial charge >= 0.3 is 0 Å². The van der Waals surface area contributed by atoms with Crippen molar-refractivity contribution in [1.82, 2.24) is 4.90 Å². The Morgan fingerprint density at radius 1 is 1.22 bits per heavy atom. The Morgan fingerprint density at radius 2 is 1.83 bits per heavy atom. The first kappa shape index (κ1) is 17.3.